The van der Waals surface area contributed by atoms with Gasteiger partial charge in [-0.25, -0.2) is 0 Å². The van der Waals surface area contributed by atoms with Crippen molar-refractivity contribution >= 4 is 0 Å². The average molecular weight is 294 g/mol. The number of hydrogen-bond acceptors (Lipinski definition) is 6. The fourth-order valence-electron chi connectivity index (χ4n) is 0. The minimum atomic E-state index is 0. The van der Waals surface area contributed by atoms with Crippen LogP contribution in [0.5, 0.6) is 0 Å². The van der Waals surface area contributed by atoms with E-state index >= 15 is 0 Å². The Labute approximate surface area is 104 Å². The van der Waals surface area contributed by atoms with Crippen molar-refractivity contribution in [2.75, 3.05) is 0 Å². The van der Waals surface area contributed by atoms with Gasteiger partial charge in [-0.3, -0.25) is 0 Å². The molecule has 4 N–H and O–H groups in total. The predicted octanol–water partition coefficient (Wildman–Crippen LogP) is 0.949. The first-order valence-electron chi connectivity index (χ1n) is 1.45. The standard InChI is InChI=1S/6CN.Cu.Fe.H3N/c6*1-2;;;/h;;;;;;;;1H3/q6*-1;;;/p+1. The SMILES string of the molecule is [C-]#N.[C-]#N.[C-]#N.[C-]#N.[C-]#N.[C-]#N.[Fe]=[Cu].[NH4+]. The van der Waals surface area contributed by atoms with Crippen molar-refractivity contribution in [2.45, 2.75) is 0 Å². The molecule has 0 amide bonds. The summed E-state index contributed by atoms with van der Waals surface area (Å²) in [4.78, 5) is 0. The van der Waals surface area contributed by atoms with E-state index in [0.29, 0.717) is 0 Å². The van der Waals surface area contributed by atoms with Gasteiger partial charge in [-0.1, -0.05) is 0 Å². The molecule has 0 aliphatic heterocycles. The Balaban J connectivity index is -0.00000000628. The molecule has 0 bridgehead atoms. The van der Waals surface area contributed by atoms with Crippen LogP contribution in [0.25, 0.3) is 0 Å². The molecule has 0 fully saturated rings. The van der Waals surface area contributed by atoms with Crippen LogP contribution in [0.3, 0.4) is 0 Å². The van der Waals surface area contributed by atoms with Crippen LogP contribution in [0.2, 0.25) is 0 Å². The average Bonchev–Trinajstić information content (AvgIpc) is 2.45. The van der Waals surface area contributed by atoms with Crippen molar-refractivity contribution in [1.29, 1.82) is 31.6 Å². The summed E-state index contributed by atoms with van der Waals surface area (Å²) in [6.07, 6.45) is 0. The zero-order valence-corrected chi connectivity index (χ0v) is 9.38. The molecule has 0 aliphatic rings. The van der Waals surface area contributed by atoms with Crippen LogP contribution >= 0.6 is 0 Å². The Morgan fingerprint density at radius 1 is 0.467 bits per heavy atom. The van der Waals surface area contributed by atoms with Gasteiger partial charge in [0.2, 0.25) is 0 Å². The van der Waals surface area contributed by atoms with Gasteiger partial charge in [-0.15, -0.1) is 0 Å². The molecular formula is C6H4CuFeN7-5. The second-order valence-electron chi connectivity index (χ2n) is 0. The Bertz CT molecular complexity index is 110. The van der Waals surface area contributed by atoms with Crippen molar-refractivity contribution in [2.24, 2.45) is 0 Å². The maximum atomic E-state index is 6.25. The first kappa shape index (κ1) is 75.6. The maximum absolute atomic E-state index is 6.25. The van der Waals surface area contributed by atoms with Gasteiger partial charge < -0.3 is 77.2 Å². The number of hydrogen-bond donors (Lipinski definition) is 1. The quantitative estimate of drug-likeness (QED) is 0.512. The van der Waals surface area contributed by atoms with Gasteiger partial charge >= 0.3 is 27.3 Å². The molecule has 0 saturated carbocycles. The van der Waals surface area contributed by atoms with E-state index in [1.54, 1.807) is 0 Å². The number of nitrogens with zero attached hydrogens (tertiary/aromatic N) is 6. The smallest absolute Gasteiger partial charge is 0.369 e. The normalized spacial score (nSPS) is 1.27. The van der Waals surface area contributed by atoms with Gasteiger partial charge in [0, 0.05) is 0 Å². The first-order valence-corrected chi connectivity index (χ1v) is 3.15. The van der Waals surface area contributed by atoms with Crippen molar-refractivity contribution in [1.82, 2.24) is 6.15 Å². The van der Waals surface area contributed by atoms with Crippen LogP contribution in [0.1, 0.15) is 0 Å². The second-order valence-corrected chi connectivity index (χ2v) is 0. The van der Waals surface area contributed by atoms with Crippen LogP contribution in [0, 0.1) is 71.0 Å². The summed E-state index contributed by atoms with van der Waals surface area (Å²) < 4.78 is 0. The van der Waals surface area contributed by atoms with Gasteiger partial charge in [0.1, 0.15) is 0 Å². The maximum Gasteiger partial charge on any atom is -0.369 e. The molecule has 0 spiro atoms. The first-order chi connectivity index (χ1) is 7.00. The molecule has 0 aromatic rings. The van der Waals surface area contributed by atoms with E-state index in [0.717, 1.165) is 0 Å². The molecule has 0 unspecified atom stereocenters. The van der Waals surface area contributed by atoms with E-state index in [2.05, 4.69) is 27.3 Å². The number of quaternary nitrogens is 1. The third-order valence-electron chi connectivity index (χ3n) is 0. The summed E-state index contributed by atoms with van der Waals surface area (Å²) in [5, 5.41) is 37.5. The Kier molecular flexibility index (Phi) is 1700. The zero-order valence-electron chi connectivity index (χ0n) is 7.34. The van der Waals surface area contributed by atoms with Crippen molar-refractivity contribution < 1.29 is 27.3 Å². The second kappa shape index (κ2) is 336. The molecule has 0 aromatic heterocycles. The van der Waals surface area contributed by atoms with E-state index in [1.807, 2.05) is 0 Å². The predicted molar refractivity (Wildman–Crippen MR) is 35.8 cm³/mol. The Morgan fingerprint density at radius 2 is 0.467 bits per heavy atom. The Morgan fingerprint density at radius 3 is 0.467 bits per heavy atom. The van der Waals surface area contributed by atoms with Crippen LogP contribution < -0.4 is 6.15 Å². The molecule has 15 heavy (non-hydrogen) atoms. The van der Waals surface area contributed by atoms with E-state index in [-0.39, 0.29) is 6.15 Å². The number of rotatable bonds is 0. The molecule has 0 rings (SSSR count). The fourth-order valence-corrected chi connectivity index (χ4v) is 0. The third-order valence-corrected chi connectivity index (χ3v) is 0. The van der Waals surface area contributed by atoms with Crippen molar-refractivity contribution in [3.63, 3.8) is 0 Å². The summed E-state index contributed by atoms with van der Waals surface area (Å²) in [6, 6.07) is 0. The van der Waals surface area contributed by atoms with Crippen molar-refractivity contribution in [3.05, 3.63) is 39.4 Å². The molecular weight excluding hydrogens is 290 g/mol. The molecule has 0 aromatic carbocycles. The minimum Gasteiger partial charge on any atom is -0.369 e. The van der Waals surface area contributed by atoms with Crippen molar-refractivity contribution in [3.8, 4) is 0 Å². The molecule has 0 aliphatic carbocycles. The van der Waals surface area contributed by atoms with E-state index in [9.17, 15) is 0 Å². The van der Waals surface area contributed by atoms with Gasteiger partial charge in [0.05, 0.1) is 0 Å². The van der Waals surface area contributed by atoms with Crippen LogP contribution in [-0.4, -0.2) is 0 Å². The summed E-state index contributed by atoms with van der Waals surface area (Å²) in [5.74, 6) is 0. The molecule has 87 valence electrons. The molecule has 0 radical (unpaired) electrons. The van der Waals surface area contributed by atoms with Crippen LogP contribution in [-0.2, 0) is 27.3 Å². The summed E-state index contributed by atoms with van der Waals surface area (Å²) in [5.41, 5.74) is 0. The van der Waals surface area contributed by atoms with Gasteiger partial charge in [-0.05, 0) is 0 Å². The Hall–Kier alpha value is -2.06. The molecule has 9 heteroatoms. The van der Waals surface area contributed by atoms with Gasteiger partial charge in [-0.2, -0.15) is 0 Å². The monoisotopic (exact) mass is 293 g/mol. The summed E-state index contributed by atoms with van der Waals surface area (Å²) in [6.45, 7) is 28.5. The third kappa shape index (κ3) is 278. The van der Waals surface area contributed by atoms with Gasteiger partial charge in [0.25, 0.3) is 0 Å². The summed E-state index contributed by atoms with van der Waals surface area (Å²) >= 11 is 6.75. The fraction of sp³-hybridized carbons (Fsp3) is 0. The minimum absolute atomic E-state index is 0. The topological polar surface area (TPSA) is 179 Å². The molecule has 7 nitrogen and oxygen atoms in total. The van der Waals surface area contributed by atoms with Crippen LogP contribution in [0.4, 0.5) is 0 Å². The van der Waals surface area contributed by atoms with E-state index < -0.39 is 0 Å². The zero-order chi connectivity index (χ0) is 14.0. The molecule has 0 heterocycles. The van der Waals surface area contributed by atoms with Crippen LogP contribution in [0.15, 0.2) is 0 Å². The largest absolute Gasteiger partial charge is 0.369 e. The van der Waals surface area contributed by atoms with E-state index in [4.69, 9.17) is 71.0 Å². The molecule has 0 atom stereocenters. The van der Waals surface area contributed by atoms with E-state index in [1.165, 1.54) is 0 Å². The summed E-state index contributed by atoms with van der Waals surface area (Å²) in [7, 11) is 0. The molecule has 0 saturated heterocycles. The van der Waals surface area contributed by atoms with Gasteiger partial charge in [0.15, 0.2) is 0 Å².